The van der Waals surface area contributed by atoms with Crippen LogP contribution in [0.25, 0.3) is 24.3 Å². The number of aryl methyl sites for hydroxylation is 1. The molecule has 0 bridgehead atoms. The fourth-order valence-corrected chi connectivity index (χ4v) is 3.05. The smallest absolute Gasteiger partial charge is 0.169 e. The van der Waals surface area contributed by atoms with Crippen molar-refractivity contribution in [1.29, 1.82) is 0 Å². The van der Waals surface area contributed by atoms with Crippen LogP contribution in [0.5, 0.6) is 0 Å². The maximum atomic E-state index is 4.03. The third kappa shape index (κ3) is 6.93. The van der Waals surface area contributed by atoms with Gasteiger partial charge in [-0.3, -0.25) is 4.98 Å². The van der Waals surface area contributed by atoms with Crippen molar-refractivity contribution in [3.8, 4) is 23.7 Å². The van der Waals surface area contributed by atoms with Crippen LogP contribution in [-0.2, 0) is 7.05 Å². The van der Waals surface area contributed by atoms with E-state index < -0.39 is 0 Å². The van der Waals surface area contributed by atoms with Crippen LogP contribution >= 0.6 is 0 Å². The van der Waals surface area contributed by atoms with Gasteiger partial charge in [0.05, 0.1) is 0 Å². The standard InChI is InChI=1S/C31H23N2/c1-33-24-20-31(21-25-33)17-15-29-12-8-27(9-13-29)5-3-2-4-26-6-10-28(11-7-26)14-16-30-18-22-32-23-19-30/h6-25H,1H3/q+1/b16-14-,17-15-. The monoisotopic (exact) mass is 423 g/mol. The number of aromatic nitrogens is 2. The molecule has 156 valence electrons. The van der Waals surface area contributed by atoms with Crippen molar-refractivity contribution >= 4 is 24.3 Å². The minimum atomic E-state index is 0.945. The summed E-state index contributed by atoms with van der Waals surface area (Å²) in [6.07, 6.45) is 16.0. The highest BCUT2D eigenvalue weighted by molar-refractivity contribution is 5.70. The van der Waals surface area contributed by atoms with Crippen molar-refractivity contribution in [3.05, 3.63) is 131 Å². The molecule has 0 spiro atoms. The minimum Gasteiger partial charge on any atom is -0.265 e. The highest BCUT2D eigenvalue weighted by atomic mass is 14.9. The molecule has 0 radical (unpaired) electrons. The first-order chi connectivity index (χ1) is 16.2. The minimum absolute atomic E-state index is 0.945. The van der Waals surface area contributed by atoms with E-state index in [2.05, 4.69) is 89.4 Å². The van der Waals surface area contributed by atoms with Crippen LogP contribution in [0.15, 0.2) is 97.6 Å². The van der Waals surface area contributed by atoms with Gasteiger partial charge < -0.3 is 0 Å². The van der Waals surface area contributed by atoms with Crippen molar-refractivity contribution in [2.75, 3.05) is 0 Å². The van der Waals surface area contributed by atoms with E-state index in [9.17, 15) is 0 Å². The zero-order valence-corrected chi connectivity index (χ0v) is 18.4. The molecular formula is C31H23N2+. The Morgan fingerprint density at radius 2 is 0.939 bits per heavy atom. The van der Waals surface area contributed by atoms with Gasteiger partial charge in [0.2, 0.25) is 0 Å². The molecule has 2 nitrogen and oxygen atoms in total. The molecule has 0 unspecified atom stereocenters. The van der Waals surface area contributed by atoms with Crippen molar-refractivity contribution in [1.82, 2.24) is 4.98 Å². The molecule has 0 aliphatic heterocycles. The zero-order valence-electron chi connectivity index (χ0n) is 18.4. The first-order valence-electron chi connectivity index (χ1n) is 10.7. The Labute approximate surface area is 195 Å². The van der Waals surface area contributed by atoms with Crippen LogP contribution in [0.4, 0.5) is 0 Å². The number of hydrogen-bond donors (Lipinski definition) is 0. The van der Waals surface area contributed by atoms with Gasteiger partial charge in [0.25, 0.3) is 0 Å². The van der Waals surface area contributed by atoms with Gasteiger partial charge in [-0.2, -0.15) is 0 Å². The van der Waals surface area contributed by atoms with Gasteiger partial charge in [-0.1, -0.05) is 60.4 Å². The number of nitrogens with zero attached hydrogens (tertiary/aromatic N) is 2. The summed E-state index contributed by atoms with van der Waals surface area (Å²) in [7, 11) is 2.01. The topological polar surface area (TPSA) is 16.8 Å². The summed E-state index contributed by atoms with van der Waals surface area (Å²) in [5.41, 5.74) is 6.45. The molecule has 2 aromatic heterocycles. The highest BCUT2D eigenvalue weighted by Gasteiger charge is 1.93. The van der Waals surface area contributed by atoms with Crippen LogP contribution in [0, 0.1) is 23.7 Å². The van der Waals surface area contributed by atoms with E-state index in [1.54, 1.807) is 12.4 Å². The summed E-state index contributed by atoms with van der Waals surface area (Å²) in [5, 5.41) is 0. The Kier molecular flexibility index (Phi) is 7.25. The van der Waals surface area contributed by atoms with E-state index in [0.29, 0.717) is 0 Å². The van der Waals surface area contributed by atoms with Gasteiger partial charge in [0.1, 0.15) is 7.05 Å². The predicted molar refractivity (Wildman–Crippen MR) is 136 cm³/mol. The molecule has 2 heterocycles. The molecule has 0 fully saturated rings. The Morgan fingerprint density at radius 3 is 1.39 bits per heavy atom. The van der Waals surface area contributed by atoms with E-state index in [4.69, 9.17) is 0 Å². The molecule has 0 saturated carbocycles. The summed E-state index contributed by atoms with van der Waals surface area (Å²) in [6.45, 7) is 0. The average molecular weight is 424 g/mol. The average Bonchev–Trinajstić information content (AvgIpc) is 2.87. The Hall–Kier alpha value is -4.66. The van der Waals surface area contributed by atoms with Crippen LogP contribution < -0.4 is 4.57 Å². The molecule has 33 heavy (non-hydrogen) atoms. The van der Waals surface area contributed by atoms with Crippen molar-refractivity contribution in [3.63, 3.8) is 0 Å². The molecule has 0 aliphatic rings. The zero-order chi connectivity index (χ0) is 22.7. The highest BCUT2D eigenvalue weighted by Crippen LogP contribution is 2.10. The van der Waals surface area contributed by atoms with Gasteiger partial charge in [-0.25, -0.2) is 4.57 Å². The Bertz CT molecular complexity index is 1370. The summed E-state index contributed by atoms with van der Waals surface area (Å²) < 4.78 is 2.02. The number of benzene rings is 2. The van der Waals surface area contributed by atoms with E-state index in [-0.39, 0.29) is 0 Å². The molecule has 2 aromatic carbocycles. The molecule has 4 aromatic rings. The van der Waals surface area contributed by atoms with Crippen molar-refractivity contribution in [2.45, 2.75) is 0 Å². The van der Waals surface area contributed by atoms with Crippen LogP contribution in [-0.4, -0.2) is 4.98 Å². The first kappa shape index (κ1) is 21.6. The van der Waals surface area contributed by atoms with Crippen molar-refractivity contribution in [2.24, 2.45) is 7.05 Å². The van der Waals surface area contributed by atoms with E-state index in [1.165, 1.54) is 5.56 Å². The summed E-state index contributed by atoms with van der Waals surface area (Å²) in [6, 6.07) is 24.4. The number of pyridine rings is 2. The molecule has 2 heteroatoms. The molecule has 0 atom stereocenters. The molecule has 0 amide bonds. The number of hydrogen-bond acceptors (Lipinski definition) is 1. The second-order valence-corrected chi connectivity index (χ2v) is 7.49. The van der Waals surface area contributed by atoms with Crippen molar-refractivity contribution < 1.29 is 4.57 Å². The summed E-state index contributed by atoms with van der Waals surface area (Å²) >= 11 is 0. The lowest BCUT2D eigenvalue weighted by molar-refractivity contribution is -0.671. The maximum Gasteiger partial charge on any atom is 0.169 e. The second-order valence-electron chi connectivity index (χ2n) is 7.49. The van der Waals surface area contributed by atoms with E-state index in [1.807, 2.05) is 60.4 Å². The SMILES string of the molecule is C[n+]1ccc(/C=C\c2ccc(C#CC#Cc3ccc(/C=C\c4ccncc4)cc3)cc2)cc1. The van der Waals surface area contributed by atoms with E-state index >= 15 is 0 Å². The predicted octanol–water partition coefficient (Wildman–Crippen LogP) is 5.65. The maximum absolute atomic E-state index is 4.03. The van der Waals surface area contributed by atoms with Gasteiger partial charge in [0, 0.05) is 35.7 Å². The first-order valence-corrected chi connectivity index (χ1v) is 10.7. The Balaban J connectivity index is 1.33. The molecular weight excluding hydrogens is 400 g/mol. The molecule has 4 rings (SSSR count). The van der Waals surface area contributed by atoms with Crippen LogP contribution in [0.3, 0.4) is 0 Å². The quantitative estimate of drug-likeness (QED) is 0.306. The third-order valence-corrected chi connectivity index (χ3v) is 4.94. The van der Waals surface area contributed by atoms with Crippen LogP contribution in [0.2, 0.25) is 0 Å². The third-order valence-electron chi connectivity index (χ3n) is 4.94. The fraction of sp³-hybridized carbons (Fsp3) is 0.0323. The van der Waals surface area contributed by atoms with Gasteiger partial charge in [-0.05, 0) is 70.5 Å². The normalized spacial score (nSPS) is 10.5. The lowest BCUT2D eigenvalue weighted by Crippen LogP contribution is -2.25. The summed E-state index contributed by atoms with van der Waals surface area (Å²) in [4.78, 5) is 4.03. The largest absolute Gasteiger partial charge is 0.265 e. The lowest BCUT2D eigenvalue weighted by atomic mass is 10.1. The molecule has 0 aliphatic carbocycles. The van der Waals surface area contributed by atoms with Gasteiger partial charge >= 0.3 is 0 Å². The summed E-state index contributed by atoms with van der Waals surface area (Å²) in [5.74, 6) is 12.1. The fourth-order valence-electron chi connectivity index (χ4n) is 3.05. The van der Waals surface area contributed by atoms with E-state index in [0.717, 1.165) is 27.8 Å². The van der Waals surface area contributed by atoms with Crippen LogP contribution in [0.1, 0.15) is 33.4 Å². The van der Waals surface area contributed by atoms with Gasteiger partial charge in [0.15, 0.2) is 12.4 Å². The second kappa shape index (κ2) is 11.1. The Morgan fingerprint density at radius 1 is 0.545 bits per heavy atom. The number of rotatable bonds is 4. The van der Waals surface area contributed by atoms with Gasteiger partial charge in [-0.15, -0.1) is 0 Å². The molecule has 0 saturated heterocycles. The lowest BCUT2D eigenvalue weighted by Gasteiger charge is -1.95. The molecule has 0 N–H and O–H groups in total.